The van der Waals surface area contributed by atoms with Crippen molar-refractivity contribution in [1.29, 1.82) is 5.26 Å². The lowest BCUT2D eigenvalue weighted by atomic mass is 10.2. The number of aliphatic imine (C=N–C) groups is 1. The molecular formula is C9H15N3O2. The van der Waals surface area contributed by atoms with Crippen LogP contribution in [0.2, 0.25) is 0 Å². The van der Waals surface area contributed by atoms with E-state index in [9.17, 15) is 4.79 Å². The number of hydrogen-bond donors (Lipinski definition) is 1. The fourth-order valence-electron chi connectivity index (χ4n) is 1.26. The molecule has 0 fully saturated rings. The summed E-state index contributed by atoms with van der Waals surface area (Å²) >= 11 is 0. The molecule has 0 aromatic heterocycles. The van der Waals surface area contributed by atoms with E-state index < -0.39 is 12.0 Å². The number of carboxylic acids is 1. The zero-order valence-electron chi connectivity index (χ0n) is 8.69. The van der Waals surface area contributed by atoms with Crippen LogP contribution in [0.5, 0.6) is 0 Å². The van der Waals surface area contributed by atoms with E-state index in [0.717, 1.165) is 0 Å². The molecular weight excluding hydrogens is 182 g/mol. The Kier molecular flexibility index (Phi) is 5.30. The first-order chi connectivity index (χ1) is 6.58. The summed E-state index contributed by atoms with van der Waals surface area (Å²) in [4.78, 5) is 15.9. The monoisotopic (exact) mass is 197 g/mol. The highest BCUT2D eigenvalue weighted by molar-refractivity contribution is 5.87. The van der Waals surface area contributed by atoms with Crippen LogP contribution in [0, 0.1) is 11.5 Å². The Labute approximate surface area is 83.7 Å². The second-order valence-electron chi connectivity index (χ2n) is 2.85. The second-order valence-corrected chi connectivity index (χ2v) is 2.85. The van der Waals surface area contributed by atoms with Crippen LogP contribution in [-0.4, -0.2) is 34.9 Å². The standard InChI is InChI=1S/C9H15N3O2/c1-4-7(9(13)14)12(3)8(5-2)11-6-10/h7H,4-5H2,1-3H3,(H,13,14). The fraction of sp³-hybridized carbons (Fsp3) is 0.667. The predicted molar refractivity (Wildman–Crippen MR) is 52.8 cm³/mol. The molecule has 0 bridgehead atoms. The molecule has 1 N–H and O–H groups in total. The molecule has 0 amide bonds. The van der Waals surface area contributed by atoms with Gasteiger partial charge in [0.25, 0.3) is 0 Å². The van der Waals surface area contributed by atoms with Gasteiger partial charge >= 0.3 is 5.97 Å². The van der Waals surface area contributed by atoms with Crippen LogP contribution < -0.4 is 0 Å². The van der Waals surface area contributed by atoms with Crippen LogP contribution in [0.25, 0.3) is 0 Å². The lowest BCUT2D eigenvalue weighted by Gasteiger charge is -2.25. The average Bonchev–Trinajstić information content (AvgIpc) is 2.14. The summed E-state index contributed by atoms with van der Waals surface area (Å²) in [6.45, 7) is 3.62. The van der Waals surface area contributed by atoms with Crippen LogP contribution in [-0.2, 0) is 4.79 Å². The molecule has 0 rings (SSSR count). The zero-order valence-corrected chi connectivity index (χ0v) is 8.69. The lowest BCUT2D eigenvalue weighted by Crippen LogP contribution is -2.41. The molecule has 0 aromatic rings. The first-order valence-electron chi connectivity index (χ1n) is 4.49. The van der Waals surface area contributed by atoms with Crippen LogP contribution in [0.4, 0.5) is 0 Å². The van der Waals surface area contributed by atoms with Crippen molar-refractivity contribution in [3.63, 3.8) is 0 Å². The molecule has 0 heterocycles. The molecule has 0 saturated heterocycles. The topological polar surface area (TPSA) is 76.7 Å². The van der Waals surface area contributed by atoms with Gasteiger partial charge in [0.15, 0.2) is 0 Å². The Morgan fingerprint density at radius 1 is 1.64 bits per heavy atom. The number of aliphatic carboxylic acids is 1. The van der Waals surface area contributed by atoms with Gasteiger partial charge in [-0.05, 0) is 6.42 Å². The molecule has 0 saturated carbocycles. The molecule has 1 atom stereocenters. The van der Waals surface area contributed by atoms with E-state index in [2.05, 4.69) is 4.99 Å². The van der Waals surface area contributed by atoms with Crippen molar-refractivity contribution in [2.75, 3.05) is 7.05 Å². The van der Waals surface area contributed by atoms with Gasteiger partial charge in [-0.2, -0.15) is 10.3 Å². The van der Waals surface area contributed by atoms with E-state index in [4.69, 9.17) is 10.4 Å². The van der Waals surface area contributed by atoms with Gasteiger partial charge in [0.05, 0.1) is 0 Å². The van der Waals surface area contributed by atoms with Crippen LogP contribution in [0.3, 0.4) is 0 Å². The Morgan fingerprint density at radius 3 is 2.50 bits per heavy atom. The first kappa shape index (κ1) is 12.4. The molecule has 5 heteroatoms. The molecule has 0 aromatic carbocycles. The van der Waals surface area contributed by atoms with E-state index in [1.807, 2.05) is 6.92 Å². The number of hydrogen-bond acceptors (Lipinski definition) is 3. The molecule has 0 radical (unpaired) electrons. The number of carboxylic acid groups (broad SMARTS) is 1. The van der Waals surface area contributed by atoms with Gasteiger partial charge in [-0.25, -0.2) is 4.79 Å². The summed E-state index contributed by atoms with van der Waals surface area (Å²) in [5.41, 5.74) is 0. The van der Waals surface area contributed by atoms with Crippen molar-refractivity contribution in [1.82, 2.24) is 4.90 Å². The van der Waals surface area contributed by atoms with Gasteiger partial charge in [-0.15, -0.1) is 0 Å². The van der Waals surface area contributed by atoms with Gasteiger partial charge < -0.3 is 10.0 Å². The average molecular weight is 197 g/mol. The van der Waals surface area contributed by atoms with E-state index in [0.29, 0.717) is 18.7 Å². The van der Waals surface area contributed by atoms with Crippen molar-refractivity contribution in [3.8, 4) is 6.19 Å². The molecule has 0 aliphatic carbocycles. The predicted octanol–water partition coefficient (Wildman–Crippen LogP) is 1.07. The maximum atomic E-state index is 10.8. The van der Waals surface area contributed by atoms with E-state index in [-0.39, 0.29) is 0 Å². The van der Waals surface area contributed by atoms with Gasteiger partial charge in [0.2, 0.25) is 6.19 Å². The highest BCUT2D eigenvalue weighted by Gasteiger charge is 2.22. The summed E-state index contributed by atoms with van der Waals surface area (Å²) in [5, 5.41) is 17.3. The summed E-state index contributed by atoms with van der Waals surface area (Å²) in [5.74, 6) is -0.393. The van der Waals surface area contributed by atoms with Gasteiger partial charge in [0, 0.05) is 13.5 Å². The van der Waals surface area contributed by atoms with Gasteiger partial charge in [-0.3, -0.25) is 0 Å². The van der Waals surface area contributed by atoms with Crippen LogP contribution >= 0.6 is 0 Å². The maximum Gasteiger partial charge on any atom is 0.326 e. The Hall–Kier alpha value is -1.57. The number of carbonyl (C=O) groups is 1. The van der Waals surface area contributed by atoms with Crippen molar-refractivity contribution in [2.45, 2.75) is 32.7 Å². The normalized spacial score (nSPS) is 13.1. The molecule has 0 spiro atoms. The highest BCUT2D eigenvalue weighted by atomic mass is 16.4. The third-order valence-corrected chi connectivity index (χ3v) is 2.04. The largest absolute Gasteiger partial charge is 0.480 e. The molecule has 0 aliphatic rings. The van der Waals surface area contributed by atoms with Crippen molar-refractivity contribution in [3.05, 3.63) is 0 Å². The molecule has 1 unspecified atom stereocenters. The third kappa shape index (κ3) is 3.05. The third-order valence-electron chi connectivity index (χ3n) is 2.04. The molecule has 0 aliphatic heterocycles. The minimum Gasteiger partial charge on any atom is -0.480 e. The number of rotatable bonds is 4. The van der Waals surface area contributed by atoms with Crippen LogP contribution in [0.15, 0.2) is 4.99 Å². The molecule has 14 heavy (non-hydrogen) atoms. The molecule has 78 valence electrons. The zero-order chi connectivity index (χ0) is 11.1. The quantitative estimate of drug-likeness (QED) is 0.415. The SMILES string of the molecule is CCC(=NC#N)N(C)C(CC)C(=O)O. The second kappa shape index (κ2) is 5.97. The van der Waals surface area contributed by atoms with Crippen molar-refractivity contribution >= 4 is 11.8 Å². The first-order valence-corrected chi connectivity index (χ1v) is 4.49. The van der Waals surface area contributed by atoms with E-state index >= 15 is 0 Å². The van der Waals surface area contributed by atoms with E-state index in [1.54, 1.807) is 20.2 Å². The van der Waals surface area contributed by atoms with Gasteiger partial charge in [0.1, 0.15) is 11.9 Å². The Morgan fingerprint density at radius 2 is 2.21 bits per heavy atom. The smallest absolute Gasteiger partial charge is 0.326 e. The summed E-state index contributed by atoms with van der Waals surface area (Å²) < 4.78 is 0. The number of nitrogens with zero attached hydrogens (tertiary/aromatic N) is 3. The van der Waals surface area contributed by atoms with E-state index in [1.165, 1.54) is 4.90 Å². The summed E-state index contributed by atoms with van der Waals surface area (Å²) in [7, 11) is 1.64. The number of nitriles is 1. The minimum absolute atomic E-state index is 0.482. The van der Waals surface area contributed by atoms with Crippen molar-refractivity contribution in [2.24, 2.45) is 4.99 Å². The minimum atomic E-state index is -0.894. The summed E-state index contributed by atoms with van der Waals surface area (Å²) in [6.07, 6.45) is 2.70. The number of likely N-dealkylation sites (N-methyl/N-ethyl adjacent to an activating group) is 1. The van der Waals surface area contributed by atoms with Gasteiger partial charge in [-0.1, -0.05) is 13.8 Å². The Balaban J connectivity index is 4.72. The fourth-order valence-corrected chi connectivity index (χ4v) is 1.26. The highest BCUT2D eigenvalue weighted by Crippen LogP contribution is 2.05. The molecule has 5 nitrogen and oxygen atoms in total. The maximum absolute atomic E-state index is 10.8. The number of amidine groups is 1. The lowest BCUT2D eigenvalue weighted by molar-refractivity contribution is -0.141. The Bertz CT molecular complexity index is 268. The van der Waals surface area contributed by atoms with Crippen LogP contribution in [0.1, 0.15) is 26.7 Å². The summed E-state index contributed by atoms with van der Waals surface area (Å²) in [6, 6.07) is -0.609. The van der Waals surface area contributed by atoms with Crippen molar-refractivity contribution < 1.29 is 9.90 Å².